The Balaban J connectivity index is 1.44. The van der Waals surface area contributed by atoms with Gasteiger partial charge in [-0.15, -0.1) is 11.8 Å². The highest BCUT2D eigenvalue weighted by Gasteiger charge is 2.32. The zero-order valence-electron chi connectivity index (χ0n) is 19.4. The molecule has 3 aromatic carbocycles. The number of amides is 3. The van der Waals surface area contributed by atoms with Crippen molar-refractivity contribution in [1.29, 1.82) is 0 Å². The van der Waals surface area contributed by atoms with Crippen molar-refractivity contribution in [2.45, 2.75) is 11.9 Å². The van der Waals surface area contributed by atoms with Crippen molar-refractivity contribution in [2.24, 2.45) is 0 Å². The highest BCUT2D eigenvalue weighted by Crippen LogP contribution is 2.39. The largest absolute Gasteiger partial charge is 0.383 e. The number of benzene rings is 3. The summed E-state index contributed by atoms with van der Waals surface area (Å²) in [5.74, 6) is -0.0612. The maximum Gasteiger partial charge on any atom is 0.255 e. The Morgan fingerprint density at radius 2 is 1.69 bits per heavy atom. The number of nitrogens with zero attached hydrogens (tertiary/aromatic N) is 1. The SMILES string of the molecule is COCCNC(=O)c1ccccc1NC(=O)c1ccc([C@@H]2SCC(=O)N2Cc2ccccc2)cc1. The number of nitrogens with one attached hydrogen (secondary N) is 2. The molecule has 0 bridgehead atoms. The number of hydrogen-bond donors (Lipinski definition) is 2. The lowest BCUT2D eigenvalue weighted by Crippen LogP contribution is -2.28. The fraction of sp³-hybridized carbons (Fsp3) is 0.222. The fourth-order valence-corrected chi connectivity index (χ4v) is 5.01. The fourth-order valence-electron chi connectivity index (χ4n) is 3.83. The van der Waals surface area contributed by atoms with Crippen LogP contribution in [0, 0.1) is 0 Å². The van der Waals surface area contributed by atoms with Crippen LogP contribution in [0.4, 0.5) is 5.69 Å². The van der Waals surface area contributed by atoms with Crippen LogP contribution in [0.3, 0.4) is 0 Å². The summed E-state index contributed by atoms with van der Waals surface area (Å²) in [6.45, 7) is 1.32. The zero-order valence-corrected chi connectivity index (χ0v) is 20.2. The first-order valence-corrected chi connectivity index (χ1v) is 12.3. The Kier molecular flexibility index (Phi) is 8.18. The molecule has 8 heteroatoms. The van der Waals surface area contributed by atoms with Crippen LogP contribution >= 0.6 is 11.8 Å². The highest BCUT2D eigenvalue weighted by molar-refractivity contribution is 8.00. The molecule has 1 heterocycles. The summed E-state index contributed by atoms with van der Waals surface area (Å²) in [4.78, 5) is 39.8. The smallest absolute Gasteiger partial charge is 0.255 e. The minimum absolute atomic E-state index is 0.101. The van der Waals surface area contributed by atoms with Gasteiger partial charge < -0.3 is 20.3 Å². The van der Waals surface area contributed by atoms with E-state index in [1.165, 1.54) is 0 Å². The maximum atomic E-state index is 12.9. The van der Waals surface area contributed by atoms with Gasteiger partial charge in [0.25, 0.3) is 11.8 Å². The first kappa shape index (κ1) is 24.5. The van der Waals surface area contributed by atoms with E-state index in [9.17, 15) is 14.4 Å². The molecule has 0 spiro atoms. The van der Waals surface area contributed by atoms with Gasteiger partial charge in [0.1, 0.15) is 5.37 Å². The lowest BCUT2D eigenvalue weighted by atomic mass is 10.1. The number of para-hydroxylation sites is 1. The van der Waals surface area contributed by atoms with Gasteiger partial charge in [0, 0.05) is 25.8 Å². The van der Waals surface area contributed by atoms with Gasteiger partial charge in [-0.1, -0.05) is 54.6 Å². The topological polar surface area (TPSA) is 87.7 Å². The number of carbonyl (C=O) groups is 3. The van der Waals surface area contributed by atoms with E-state index in [0.29, 0.717) is 42.3 Å². The van der Waals surface area contributed by atoms with Crippen molar-refractivity contribution in [3.8, 4) is 0 Å². The molecule has 35 heavy (non-hydrogen) atoms. The van der Waals surface area contributed by atoms with E-state index in [0.717, 1.165) is 11.1 Å². The summed E-state index contributed by atoms with van der Waals surface area (Å²) >= 11 is 1.58. The van der Waals surface area contributed by atoms with E-state index < -0.39 is 0 Å². The quantitative estimate of drug-likeness (QED) is 0.442. The van der Waals surface area contributed by atoms with Crippen molar-refractivity contribution >= 4 is 35.2 Å². The van der Waals surface area contributed by atoms with Gasteiger partial charge >= 0.3 is 0 Å². The maximum absolute atomic E-state index is 12.9. The average Bonchev–Trinajstić information content (AvgIpc) is 3.25. The number of hydrogen-bond acceptors (Lipinski definition) is 5. The van der Waals surface area contributed by atoms with Crippen molar-refractivity contribution in [3.05, 3.63) is 101 Å². The minimum Gasteiger partial charge on any atom is -0.383 e. The summed E-state index contributed by atoms with van der Waals surface area (Å²) < 4.78 is 4.96. The van der Waals surface area contributed by atoms with Crippen molar-refractivity contribution < 1.29 is 19.1 Å². The third kappa shape index (κ3) is 6.09. The standard InChI is InChI=1S/C27H27N3O4S/c1-34-16-15-28-26(33)22-9-5-6-10-23(22)29-25(32)20-11-13-21(14-12-20)27-30(24(31)18-35-27)17-19-7-3-2-4-8-19/h2-14,27H,15-18H2,1H3,(H,28,33)(H,29,32)/t27-/m0/s1. The summed E-state index contributed by atoms with van der Waals surface area (Å²) in [5.41, 5.74) is 3.32. The molecule has 0 radical (unpaired) electrons. The lowest BCUT2D eigenvalue weighted by molar-refractivity contribution is -0.128. The number of carbonyl (C=O) groups excluding carboxylic acids is 3. The first-order chi connectivity index (χ1) is 17.1. The molecule has 1 aliphatic rings. The Bertz CT molecular complexity index is 1180. The molecular weight excluding hydrogens is 462 g/mol. The second kappa shape index (κ2) is 11.7. The molecule has 1 fully saturated rings. The molecule has 0 saturated carbocycles. The molecule has 3 aromatic rings. The van der Waals surface area contributed by atoms with Crippen molar-refractivity contribution in [3.63, 3.8) is 0 Å². The minimum atomic E-state index is -0.315. The second-order valence-electron chi connectivity index (χ2n) is 8.04. The normalized spacial score (nSPS) is 15.2. The summed E-state index contributed by atoms with van der Waals surface area (Å²) in [7, 11) is 1.57. The van der Waals surface area contributed by atoms with E-state index in [1.807, 2.05) is 47.4 Å². The van der Waals surface area contributed by atoms with Gasteiger partial charge in [-0.25, -0.2) is 0 Å². The Morgan fingerprint density at radius 1 is 0.971 bits per heavy atom. The van der Waals surface area contributed by atoms with Crippen LogP contribution < -0.4 is 10.6 Å². The number of rotatable bonds is 9. The molecule has 4 rings (SSSR count). The first-order valence-electron chi connectivity index (χ1n) is 11.3. The van der Waals surface area contributed by atoms with Crippen LogP contribution in [-0.4, -0.2) is 48.6 Å². The van der Waals surface area contributed by atoms with E-state index in [1.54, 1.807) is 55.3 Å². The lowest BCUT2D eigenvalue weighted by Gasteiger charge is -2.24. The predicted molar refractivity (Wildman–Crippen MR) is 137 cm³/mol. The molecule has 1 saturated heterocycles. The summed E-state index contributed by atoms with van der Waals surface area (Å²) in [5, 5.41) is 5.50. The van der Waals surface area contributed by atoms with Crippen LogP contribution in [0.1, 0.15) is 37.2 Å². The van der Waals surface area contributed by atoms with Gasteiger partial charge in [0.2, 0.25) is 5.91 Å². The average molecular weight is 490 g/mol. The molecule has 0 unspecified atom stereocenters. The molecular formula is C27H27N3O4S. The molecule has 1 aliphatic heterocycles. The van der Waals surface area contributed by atoms with Gasteiger partial charge in [0.05, 0.1) is 23.6 Å². The zero-order chi connectivity index (χ0) is 24.6. The van der Waals surface area contributed by atoms with Crippen LogP contribution in [0.5, 0.6) is 0 Å². The van der Waals surface area contributed by atoms with Crippen molar-refractivity contribution in [2.75, 3.05) is 31.3 Å². The van der Waals surface area contributed by atoms with Gasteiger partial charge in [-0.2, -0.15) is 0 Å². The summed E-state index contributed by atoms with van der Waals surface area (Å²) in [6, 6.07) is 24.0. The van der Waals surface area contributed by atoms with Gasteiger partial charge in [-0.3, -0.25) is 14.4 Å². The molecule has 3 amide bonds. The van der Waals surface area contributed by atoms with Gasteiger partial charge in [-0.05, 0) is 35.4 Å². The monoisotopic (exact) mass is 489 g/mol. The van der Waals surface area contributed by atoms with Crippen LogP contribution in [0.25, 0.3) is 0 Å². The Hall–Kier alpha value is -3.62. The molecule has 0 aliphatic carbocycles. The van der Waals surface area contributed by atoms with Gasteiger partial charge in [0.15, 0.2) is 0 Å². The van der Waals surface area contributed by atoms with Crippen molar-refractivity contribution in [1.82, 2.24) is 10.2 Å². The third-order valence-electron chi connectivity index (χ3n) is 5.63. The van der Waals surface area contributed by atoms with E-state index in [2.05, 4.69) is 10.6 Å². The Labute approximate surface area is 208 Å². The molecule has 0 aromatic heterocycles. The molecule has 1 atom stereocenters. The number of thioether (sulfide) groups is 1. The predicted octanol–water partition coefficient (Wildman–Crippen LogP) is 4.09. The van der Waals surface area contributed by atoms with Crippen LogP contribution in [0.15, 0.2) is 78.9 Å². The third-order valence-corrected chi connectivity index (χ3v) is 6.89. The summed E-state index contributed by atoms with van der Waals surface area (Å²) in [6.07, 6.45) is 0. The number of anilines is 1. The molecule has 180 valence electrons. The Morgan fingerprint density at radius 3 is 2.43 bits per heavy atom. The molecule has 2 N–H and O–H groups in total. The number of methoxy groups -OCH3 is 1. The van der Waals surface area contributed by atoms with Crippen LogP contribution in [-0.2, 0) is 16.1 Å². The number of ether oxygens (including phenoxy) is 1. The van der Waals surface area contributed by atoms with E-state index in [4.69, 9.17) is 4.74 Å². The molecule has 7 nitrogen and oxygen atoms in total. The van der Waals surface area contributed by atoms with E-state index >= 15 is 0 Å². The van der Waals surface area contributed by atoms with Crippen LogP contribution in [0.2, 0.25) is 0 Å². The van der Waals surface area contributed by atoms with E-state index in [-0.39, 0.29) is 23.1 Å². The second-order valence-corrected chi connectivity index (χ2v) is 9.11. The highest BCUT2D eigenvalue weighted by atomic mass is 32.2.